The number of aromatic nitrogens is 1. The first-order valence-electron chi connectivity index (χ1n) is 5.02. The van der Waals surface area contributed by atoms with Gasteiger partial charge in [0.1, 0.15) is 5.75 Å². The highest BCUT2D eigenvalue weighted by molar-refractivity contribution is 6.30. The molecule has 0 saturated carbocycles. The van der Waals surface area contributed by atoms with Gasteiger partial charge in [-0.25, -0.2) is 4.98 Å². The largest absolute Gasteiger partial charge is 0.573 e. The third-order valence-corrected chi connectivity index (χ3v) is 2.41. The van der Waals surface area contributed by atoms with E-state index in [9.17, 15) is 17.6 Å². The Balaban J connectivity index is 2.30. The van der Waals surface area contributed by atoms with Crippen molar-refractivity contribution >= 4 is 11.6 Å². The molecular formula is C12H6ClF4NO. The van der Waals surface area contributed by atoms with E-state index >= 15 is 0 Å². The van der Waals surface area contributed by atoms with Gasteiger partial charge in [0, 0.05) is 11.8 Å². The van der Waals surface area contributed by atoms with Crippen molar-refractivity contribution in [1.29, 1.82) is 0 Å². The zero-order valence-electron chi connectivity index (χ0n) is 9.21. The van der Waals surface area contributed by atoms with Crippen LogP contribution in [0.1, 0.15) is 0 Å². The third kappa shape index (κ3) is 3.57. The number of rotatable bonds is 2. The number of pyridine rings is 1. The number of hydrogen-bond acceptors (Lipinski definition) is 2. The molecule has 7 heteroatoms. The molecule has 19 heavy (non-hydrogen) atoms. The van der Waals surface area contributed by atoms with Crippen molar-refractivity contribution < 1.29 is 22.3 Å². The molecule has 0 radical (unpaired) electrons. The van der Waals surface area contributed by atoms with Gasteiger partial charge in [-0.3, -0.25) is 0 Å². The van der Waals surface area contributed by atoms with Crippen LogP contribution in [0.15, 0.2) is 36.5 Å². The molecule has 0 spiro atoms. The molecule has 2 rings (SSSR count). The quantitative estimate of drug-likeness (QED) is 0.603. The predicted octanol–water partition coefficient (Wildman–Crippen LogP) is 4.44. The highest BCUT2D eigenvalue weighted by Gasteiger charge is 2.30. The Morgan fingerprint density at radius 3 is 2.32 bits per heavy atom. The number of ether oxygens (including phenoxy) is 1. The zero-order chi connectivity index (χ0) is 14.0. The van der Waals surface area contributed by atoms with Crippen LogP contribution in [0.4, 0.5) is 17.6 Å². The van der Waals surface area contributed by atoms with E-state index in [4.69, 9.17) is 11.6 Å². The van der Waals surface area contributed by atoms with Crippen molar-refractivity contribution in [3.8, 4) is 16.9 Å². The fourth-order valence-corrected chi connectivity index (χ4v) is 1.62. The summed E-state index contributed by atoms with van der Waals surface area (Å²) in [6.45, 7) is 0. The lowest BCUT2D eigenvalue weighted by Gasteiger charge is -2.09. The molecule has 1 heterocycles. The second-order valence-corrected chi connectivity index (χ2v) is 4.00. The van der Waals surface area contributed by atoms with Crippen molar-refractivity contribution in [3.05, 3.63) is 47.5 Å². The van der Waals surface area contributed by atoms with Crippen LogP contribution in [-0.2, 0) is 0 Å². The van der Waals surface area contributed by atoms with E-state index in [1.165, 1.54) is 18.2 Å². The number of alkyl halides is 3. The third-order valence-electron chi connectivity index (χ3n) is 2.20. The number of hydrogen-bond donors (Lipinski definition) is 0. The molecule has 0 N–H and O–H groups in total. The molecule has 2 nitrogen and oxygen atoms in total. The molecule has 0 aliphatic carbocycles. The van der Waals surface area contributed by atoms with E-state index in [2.05, 4.69) is 9.72 Å². The molecule has 0 aliphatic heterocycles. The predicted molar refractivity (Wildman–Crippen MR) is 61.3 cm³/mol. The van der Waals surface area contributed by atoms with E-state index in [0.717, 1.165) is 18.3 Å². The van der Waals surface area contributed by atoms with Gasteiger partial charge in [0.2, 0.25) is 5.95 Å². The van der Waals surface area contributed by atoms with Crippen LogP contribution in [0.3, 0.4) is 0 Å². The van der Waals surface area contributed by atoms with Crippen molar-refractivity contribution in [1.82, 2.24) is 4.98 Å². The Kier molecular flexibility index (Phi) is 3.61. The van der Waals surface area contributed by atoms with Gasteiger partial charge in [-0.05, 0) is 23.8 Å². The Morgan fingerprint density at radius 2 is 1.74 bits per heavy atom. The second kappa shape index (κ2) is 5.05. The Hall–Kier alpha value is -1.82. The summed E-state index contributed by atoms with van der Waals surface area (Å²) in [5.74, 6) is -1.14. The lowest BCUT2D eigenvalue weighted by Crippen LogP contribution is -2.16. The van der Waals surface area contributed by atoms with E-state index in [0.29, 0.717) is 5.56 Å². The van der Waals surface area contributed by atoms with Gasteiger partial charge in [-0.1, -0.05) is 23.7 Å². The van der Waals surface area contributed by atoms with Crippen LogP contribution < -0.4 is 4.74 Å². The minimum Gasteiger partial charge on any atom is -0.406 e. The summed E-state index contributed by atoms with van der Waals surface area (Å²) < 4.78 is 53.1. The number of halogens is 5. The van der Waals surface area contributed by atoms with Crippen molar-refractivity contribution in [2.24, 2.45) is 0 Å². The summed E-state index contributed by atoms with van der Waals surface area (Å²) in [6, 6.07) is 6.09. The SMILES string of the molecule is Fc1ncc(Cl)cc1-c1ccc(OC(F)(F)F)cc1. The molecule has 0 aliphatic rings. The summed E-state index contributed by atoms with van der Waals surface area (Å²) in [5, 5.41) is 0.229. The zero-order valence-corrected chi connectivity index (χ0v) is 9.97. The molecule has 0 atom stereocenters. The number of benzene rings is 1. The number of nitrogens with zero attached hydrogens (tertiary/aromatic N) is 1. The molecule has 100 valence electrons. The highest BCUT2D eigenvalue weighted by Crippen LogP contribution is 2.28. The first-order valence-corrected chi connectivity index (χ1v) is 5.40. The Labute approximate surface area is 110 Å². The maximum Gasteiger partial charge on any atom is 0.573 e. The van der Waals surface area contributed by atoms with E-state index in [-0.39, 0.29) is 16.3 Å². The van der Waals surface area contributed by atoms with Crippen LogP contribution in [0.25, 0.3) is 11.1 Å². The van der Waals surface area contributed by atoms with Gasteiger partial charge in [-0.2, -0.15) is 4.39 Å². The molecule has 0 saturated heterocycles. The molecule has 1 aromatic carbocycles. The van der Waals surface area contributed by atoms with E-state index in [1.807, 2.05) is 0 Å². The average molecular weight is 292 g/mol. The molecule has 1 aromatic heterocycles. The Morgan fingerprint density at radius 1 is 1.11 bits per heavy atom. The fourth-order valence-electron chi connectivity index (χ4n) is 1.46. The van der Waals surface area contributed by atoms with Crippen LogP contribution in [0.5, 0.6) is 5.75 Å². The van der Waals surface area contributed by atoms with Crippen LogP contribution in [0, 0.1) is 5.95 Å². The minimum atomic E-state index is -4.76. The molecule has 0 fully saturated rings. The molecule has 2 aromatic rings. The molecule has 0 bridgehead atoms. The maximum atomic E-state index is 13.4. The molecule has 0 amide bonds. The van der Waals surface area contributed by atoms with Gasteiger partial charge in [0.15, 0.2) is 0 Å². The summed E-state index contributed by atoms with van der Waals surface area (Å²) in [7, 11) is 0. The van der Waals surface area contributed by atoms with Crippen LogP contribution in [0.2, 0.25) is 5.02 Å². The lowest BCUT2D eigenvalue weighted by molar-refractivity contribution is -0.274. The van der Waals surface area contributed by atoms with Crippen LogP contribution >= 0.6 is 11.6 Å². The van der Waals surface area contributed by atoms with Crippen LogP contribution in [-0.4, -0.2) is 11.3 Å². The molecular weight excluding hydrogens is 286 g/mol. The van der Waals surface area contributed by atoms with Gasteiger partial charge >= 0.3 is 6.36 Å². The van der Waals surface area contributed by atoms with Crippen molar-refractivity contribution in [2.45, 2.75) is 6.36 Å². The second-order valence-electron chi connectivity index (χ2n) is 3.56. The van der Waals surface area contributed by atoms with E-state index < -0.39 is 12.3 Å². The monoisotopic (exact) mass is 291 g/mol. The Bertz CT molecular complexity index is 583. The summed E-state index contributed by atoms with van der Waals surface area (Å²) >= 11 is 5.68. The first-order chi connectivity index (χ1) is 8.85. The minimum absolute atomic E-state index is 0.103. The van der Waals surface area contributed by atoms with E-state index in [1.54, 1.807) is 0 Å². The normalized spacial score (nSPS) is 11.4. The molecule has 0 unspecified atom stereocenters. The maximum absolute atomic E-state index is 13.4. The fraction of sp³-hybridized carbons (Fsp3) is 0.0833. The van der Waals surface area contributed by atoms with Gasteiger partial charge in [-0.15, -0.1) is 13.2 Å². The topological polar surface area (TPSA) is 22.1 Å². The summed E-state index contributed by atoms with van der Waals surface area (Å²) in [5.41, 5.74) is 0.452. The van der Waals surface area contributed by atoms with Gasteiger partial charge in [0.05, 0.1) is 5.02 Å². The average Bonchev–Trinajstić information content (AvgIpc) is 2.31. The highest BCUT2D eigenvalue weighted by atomic mass is 35.5. The van der Waals surface area contributed by atoms with Crippen molar-refractivity contribution in [2.75, 3.05) is 0 Å². The smallest absolute Gasteiger partial charge is 0.406 e. The lowest BCUT2D eigenvalue weighted by atomic mass is 10.1. The standard InChI is InChI=1S/C12H6ClF4NO/c13-8-5-10(11(14)18-6-8)7-1-3-9(4-2-7)19-12(15,16)17/h1-6H. The summed E-state index contributed by atoms with van der Waals surface area (Å²) in [6.07, 6.45) is -3.62. The summed E-state index contributed by atoms with van der Waals surface area (Å²) in [4.78, 5) is 3.43. The first kappa shape index (κ1) is 13.6. The van der Waals surface area contributed by atoms with Gasteiger partial charge < -0.3 is 4.74 Å². The van der Waals surface area contributed by atoms with Gasteiger partial charge in [0.25, 0.3) is 0 Å². The van der Waals surface area contributed by atoms with Crippen molar-refractivity contribution in [3.63, 3.8) is 0 Å².